The van der Waals surface area contributed by atoms with Crippen molar-refractivity contribution in [2.75, 3.05) is 27.9 Å². The van der Waals surface area contributed by atoms with Crippen molar-refractivity contribution in [1.29, 1.82) is 0 Å². The molecule has 3 aromatic rings. The summed E-state index contributed by atoms with van der Waals surface area (Å²) in [6.07, 6.45) is 3.72. The van der Waals surface area contributed by atoms with Gasteiger partial charge in [0, 0.05) is 12.6 Å². The van der Waals surface area contributed by atoms with Gasteiger partial charge in [-0.25, -0.2) is 0 Å². The van der Waals surface area contributed by atoms with E-state index in [1.54, 1.807) is 21.3 Å². The van der Waals surface area contributed by atoms with Crippen molar-refractivity contribution in [3.63, 3.8) is 0 Å². The van der Waals surface area contributed by atoms with Crippen molar-refractivity contribution in [3.8, 4) is 17.2 Å². The molecule has 2 heterocycles. The van der Waals surface area contributed by atoms with Gasteiger partial charge in [-0.15, -0.1) is 0 Å². The number of hydrogen-bond acceptors (Lipinski definition) is 4. The molecule has 0 unspecified atom stereocenters. The molecule has 0 aromatic heterocycles. The van der Waals surface area contributed by atoms with Crippen LogP contribution in [0.1, 0.15) is 24.0 Å². The summed E-state index contributed by atoms with van der Waals surface area (Å²) < 4.78 is 16.7. The van der Waals surface area contributed by atoms with E-state index in [-0.39, 0.29) is 0 Å². The molecule has 0 radical (unpaired) electrons. The molecule has 1 saturated heterocycles. The summed E-state index contributed by atoms with van der Waals surface area (Å²) in [5, 5.41) is 5.08. The number of ether oxygens (including phenoxy) is 3. The number of benzene rings is 3. The molecule has 4 nitrogen and oxygen atoms in total. The van der Waals surface area contributed by atoms with Crippen LogP contribution in [0.4, 0.5) is 0 Å². The first-order valence-corrected chi connectivity index (χ1v) is 9.64. The quantitative estimate of drug-likeness (QED) is 0.639. The largest absolute Gasteiger partial charge is 0.497 e. The van der Waals surface area contributed by atoms with Crippen LogP contribution in [-0.4, -0.2) is 38.8 Å². The van der Waals surface area contributed by atoms with E-state index in [4.69, 9.17) is 14.2 Å². The molecule has 4 heteroatoms. The normalized spacial score (nSPS) is 19.1. The summed E-state index contributed by atoms with van der Waals surface area (Å²) in [4.78, 5) is 2.64. The highest BCUT2D eigenvalue weighted by Crippen LogP contribution is 2.44. The van der Waals surface area contributed by atoms with E-state index < -0.39 is 0 Å². The van der Waals surface area contributed by atoms with Crippen molar-refractivity contribution in [1.82, 2.24) is 4.90 Å². The Morgan fingerprint density at radius 2 is 1.56 bits per heavy atom. The summed E-state index contributed by atoms with van der Waals surface area (Å²) in [5.74, 6) is 2.49. The van der Waals surface area contributed by atoms with Gasteiger partial charge >= 0.3 is 0 Å². The molecule has 2 aliphatic rings. The molecule has 0 spiro atoms. The topological polar surface area (TPSA) is 30.9 Å². The third kappa shape index (κ3) is 2.47. The minimum Gasteiger partial charge on any atom is -0.497 e. The van der Waals surface area contributed by atoms with Crippen molar-refractivity contribution in [3.05, 3.63) is 41.5 Å². The minimum absolute atomic E-state index is 0.671. The molecular formula is C23H25NO3. The van der Waals surface area contributed by atoms with E-state index in [0.717, 1.165) is 30.2 Å². The average Bonchev–Trinajstić information content (AvgIpc) is 3.18. The van der Waals surface area contributed by atoms with Crippen LogP contribution in [-0.2, 0) is 13.0 Å². The van der Waals surface area contributed by atoms with Crippen molar-refractivity contribution in [2.45, 2.75) is 31.8 Å². The Kier molecular flexibility index (Phi) is 3.90. The lowest BCUT2D eigenvalue weighted by molar-refractivity contribution is 0.229. The van der Waals surface area contributed by atoms with Crippen LogP contribution < -0.4 is 14.2 Å². The smallest absolute Gasteiger partial charge is 0.161 e. The van der Waals surface area contributed by atoms with E-state index in [2.05, 4.69) is 35.2 Å². The molecule has 0 bridgehead atoms. The lowest BCUT2D eigenvalue weighted by Crippen LogP contribution is -2.35. The zero-order chi connectivity index (χ0) is 18.5. The van der Waals surface area contributed by atoms with Crippen LogP contribution in [0.15, 0.2) is 30.3 Å². The van der Waals surface area contributed by atoms with Gasteiger partial charge in [-0.05, 0) is 82.7 Å². The molecule has 1 atom stereocenters. The average molecular weight is 363 g/mol. The second kappa shape index (κ2) is 6.31. The molecule has 2 aliphatic heterocycles. The first-order valence-electron chi connectivity index (χ1n) is 9.64. The maximum absolute atomic E-state index is 5.61. The lowest BCUT2D eigenvalue weighted by atomic mass is 9.85. The fourth-order valence-electron chi connectivity index (χ4n) is 5.00. The van der Waals surface area contributed by atoms with Gasteiger partial charge in [-0.2, -0.15) is 0 Å². The molecular weight excluding hydrogens is 338 g/mol. The molecule has 0 N–H and O–H groups in total. The minimum atomic E-state index is 0.671. The molecule has 0 saturated carbocycles. The third-order valence-corrected chi connectivity index (χ3v) is 6.36. The van der Waals surface area contributed by atoms with E-state index in [0.29, 0.717) is 6.04 Å². The maximum Gasteiger partial charge on any atom is 0.161 e. The fraction of sp³-hybridized carbons (Fsp3) is 0.391. The Labute approximate surface area is 159 Å². The van der Waals surface area contributed by atoms with Gasteiger partial charge in [-0.1, -0.05) is 6.07 Å². The molecule has 0 aliphatic carbocycles. The Bertz CT molecular complexity index is 1040. The maximum atomic E-state index is 5.61. The van der Waals surface area contributed by atoms with Gasteiger partial charge in [0.2, 0.25) is 0 Å². The van der Waals surface area contributed by atoms with E-state index in [1.165, 1.54) is 52.1 Å². The summed E-state index contributed by atoms with van der Waals surface area (Å²) in [7, 11) is 5.14. The summed E-state index contributed by atoms with van der Waals surface area (Å²) in [5.41, 5.74) is 2.91. The standard InChI is InChI=1S/C23H25NO3/c1-25-15-6-7-16-18(10-15)17-9-14-5-4-8-24(14)13-21(17)20-12-23(27-3)22(26-2)11-19(16)20/h6-7,10-12,14H,4-5,8-9,13H2,1-3H3/t14-/m0/s1. The number of hydrogen-bond donors (Lipinski definition) is 0. The van der Waals surface area contributed by atoms with Crippen molar-refractivity contribution >= 4 is 21.5 Å². The van der Waals surface area contributed by atoms with Gasteiger partial charge in [0.25, 0.3) is 0 Å². The summed E-state index contributed by atoms with van der Waals surface area (Å²) in [6.45, 7) is 2.22. The molecule has 5 rings (SSSR count). The Balaban J connectivity index is 1.88. The zero-order valence-corrected chi connectivity index (χ0v) is 16.2. The Hall–Kier alpha value is -2.46. The summed E-state index contributed by atoms with van der Waals surface area (Å²) >= 11 is 0. The number of fused-ring (bicyclic) bond motifs is 7. The molecule has 3 aromatic carbocycles. The van der Waals surface area contributed by atoms with Crippen molar-refractivity contribution in [2.24, 2.45) is 0 Å². The van der Waals surface area contributed by atoms with Crippen LogP contribution >= 0.6 is 0 Å². The van der Waals surface area contributed by atoms with Crippen LogP contribution in [0.3, 0.4) is 0 Å². The fourth-order valence-corrected chi connectivity index (χ4v) is 5.00. The highest BCUT2D eigenvalue weighted by atomic mass is 16.5. The first kappa shape index (κ1) is 16.7. The number of nitrogens with zero attached hydrogens (tertiary/aromatic N) is 1. The monoisotopic (exact) mass is 363 g/mol. The van der Waals surface area contributed by atoms with E-state index in [1.807, 2.05) is 0 Å². The second-order valence-corrected chi connectivity index (χ2v) is 7.59. The zero-order valence-electron chi connectivity index (χ0n) is 16.2. The van der Waals surface area contributed by atoms with Gasteiger partial charge in [0.1, 0.15) is 5.75 Å². The first-order chi connectivity index (χ1) is 13.2. The third-order valence-electron chi connectivity index (χ3n) is 6.36. The summed E-state index contributed by atoms with van der Waals surface area (Å²) in [6, 6.07) is 11.4. The van der Waals surface area contributed by atoms with Gasteiger partial charge in [0.15, 0.2) is 11.5 Å². The predicted octanol–water partition coefficient (Wildman–Crippen LogP) is 4.54. The van der Waals surface area contributed by atoms with Crippen molar-refractivity contribution < 1.29 is 14.2 Å². The SMILES string of the molecule is COc1ccc2c(c1)c1c(c3cc(OC)c(OC)cc32)CN2CCC[C@H]2C1. The lowest BCUT2D eigenvalue weighted by Gasteiger charge is -2.33. The van der Waals surface area contributed by atoms with Crippen LogP contribution in [0.2, 0.25) is 0 Å². The molecule has 27 heavy (non-hydrogen) atoms. The predicted molar refractivity (Wildman–Crippen MR) is 108 cm³/mol. The van der Waals surface area contributed by atoms with E-state index >= 15 is 0 Å². The number of methoxy groups -OCH3 is 3. The molecule has 1 fully saturated rings. The highest BCUT2D eigenvalue weighted by Gasteiger charge is 2.32. The van der Waals surface area contributed by atoms with E-state index in [9.17, 15) is 0 Å². The number of rotatable bonds is 3. The van der Waals surface area contributed by atoms with Gasteiger partial charge < -0.3 is 14.2 Å². The Morgan fingerprint density at radius 3 is 2.30 bits per heavy atom. The van der Waals surface area contributed by atoms with Crippen LogP contribution in [0.25, 0.3) is 21.5 Å². The van der Waals surface area contributed by atoms with Gasteiger partial charge in [-0.3, -0.25) is 4.90 Å². The van der Waals surface area contributed by atoms with Crippen LogP contribution in [0.5, 0.6) is 17.2 Å². The molecule has 0 amide bonds. The Morgan fingerprint density at radius 1 is 0.815 bits per heavy atom. The molecule has 140 valence electrons. The second-order valence-electron chi connectivity index (χ2n) is 7.59. The van der Waals surface area contributed by atoms with Gasteiger partial charge in [0.05, 0.1) is 21.3 Å². The highest BCUT2D eigenvalue weighted by molar-refractivity contribution is 6.12. The van der Waals surface area contributed by atoms with Crippen LogP contribution in [0, 0.1) is 0 Å².